The summed E-state index contributed by atoms with van der Waals surface area (Å²) in [5.74, 6) is -2.29. The summed E-state index contributed by atoms with van der Waals surface area (Å²) in [4.78, 5) is 36.7. The van der Waals surface area contributed by atoms with Crippen LogP contribution >= 0.6 is 12.2 Å². The molecule has 0 spiro atoms. The molecule has 1 aliphatic rings. The minimum Gasteiger partial charge on any atom is -0.478 e. The fourth-order valence-electron chi connectivity index (χ4n) is 2.17. The van der Waals surface area contributed by atoms with E-state index in [0.717, 1.165) is 4.90 Å². The first kappa shape index (κ1) is 15.6. The molecule has 0 radical (unpaired) electrons. The zero-order valence-electron chi connectivity index (χ0n) is 12.1. The van der Waals surface area contributed by atoms with Gasteiger partial charge in [-0.1, -0.05) is 0 Å². The minimum absolute atomic E-state index is 0.0718. The van der Waals surface area contributed by atoms with Crippen molar-refractivity contribution in [2.24, 2.45) is 0 Å². The minimum atomic E-state index is -1.08. The van der Waals surface area contributed by atoms with E-state index in [1.807, 2.05) is 0 Å². The number of carboxylic acids is 1. The predicted molar refractivity (Wildman–Crippen MR) is 88.3 cm³/mol. The topological polar surface area (TPSA) is 99.9 Å². The lowest BCUT2D eigenvalue weighted by Crippen LogP contribution is -2.54. The highest BCUT2D eigenvalue weighted by molar-refractivity contribution is 7.80. The molecule has 1 aliphatic heterocycles. The number of anilines is 1. The van der Waals surface area contributed by atoms with E-state index < -0.39 is 17.8 Å². The number of thiocarbonyl (C=S) groups is 1. The number of aromatic carboxylic acids is 1. The van der Waals surface area contributed by atoms with Crippen LogP contribution in [0.25, 0.3) is 6.08 Å². The van der Waals surface area contributed by atoms with Crippen molar-refractivity contribution < 1.29 is 23.9 Å². The van der Waals surface area contributed by atoms with Crippen LogP contribution in [0, 0.1) is 0 Å². The molecule has 1 saturated heterocycles. The summed E-state index contributed by atoms with van der Waals surface area (Å²) in [6, 6.07) is 7.20. The van der Waals surface area contributed by atoms with Gasteiger partial charge in [0.15, 0.2) is 5.11 Å². The molecule has 1 fully saturated rings. The van der Waals surface area contributed by atoms with Crippen LogP contribution in [0.1, 0.15) is 15.9 Å². The van der Waals surface area contributed by atoms with Crippen LogP contribution in [-0.4, -0.2) is 28.0 Å². The maximum Gasteiger partial charge on any atom is 0.335 e. The quantitative estimate of drug-likeness (QED) is 0.501. The summed E-state index contributed by atoms with van der Waals surface area (Å²) < 4.78 is 4.91. The Bertz CT molecular complexity index is 868. The molecule has 0 bridgehead atoms. The smallest absolute Gasteiger partial charge is 0.335 e. The fraction of sp³-hybridized carbons (Fsp3) is 0. The Balaban J connectivity index is 1.98. The average molecular weight is 342 g/mol. The first-order valence-electron chi connectivity index (χ1n) is 6.74. The van der Waals surface area contributed by atoms with Crippen LogP contribution in [0.4, 0.5) is 5.69 Å². The first-order chi connectivity index (χ1) is 11.5. The number of hydrogen-bond donors (Lipinski definition) is 2. The van der Waals surface area contributed by atoms with Gasteiger partial charge in [0.2, 0.25) is 0 Å². The molecular weight excluding hydrogens is 332 g/mol. The van der Waals surface area contributed by atoms with Crippen LogP contribution in [0.2, 0.25) is 0 Å². The third kappa shape index (κ3) is 2.82. The molecule has 0 atom stereocenters. The number of furan rings is 1. The highest BCUT2D eigenvalue weighted by Gasteiger charge is 2.34. The summed E-state index contributed by atoms with van der Waals surface area (Å²) in [5.41, 5.74) is 0.884. The zero-order valence-corrected chi connectivity index (χ0v) is 12.9. The summed E-state index contributed by atoms with van der Waals surface area (Å²) in [6.07, 6.45) is 4.21. The molecule has 2 amide bonds. The van der Waals surface area contributed by atoms with Crippen molar-refractivity contribution in [1.82, 2.24) is 5.32 Å². The van der Waals surface area contributed by atoms with Crippen LogP contribution < -0.4 is 10.2 Å². The molecule has 0 unspecified atom stereocenters. The van der Waals surface area contributed by atoms with E-state index in [-0.39, 0.29) is 16.2 Å². The molecule has 2 heterocycles. The lowest BCUT2D eigenvalue weighted by molar-refractivity contribution is -0.122. The number of nitrogens with one attached hydrogen (secondary N) is 1. The molecule has 1 aromatic heterocycles. The number of nitrogens with zero attached hydrogens (tertiary/aromatic N) is 1. The Labute approximate surface area is 141 Å². The third-order valence-corrected chi connectivity index (χ3v) is 3.61. The highest BCUT2D eigenvalue weighted by Crippen LogP contribution is 2.22. The Morgan fingerprint density at radius 1 is 1.21 bits per heavy atom. The summed E-state index contributed by atoms with van der Waals surface area (Å²) in [6.45, 7) is 0. The van der Waals surface area contributed by atoms with Gasteiger partial charge in [-0.05, 0) is 48.6 Å². The summed E-state index contributed by atoms with van der Waals surface area (Å²) in [5, 5.41) is 11.3. The van der Waals surface area contributed by atoms with Gasteiger partial charge in [0.05, 0.1) is 23.8 Å². The van der Waals surface area contributed by atoms with Gasteiger partial charge in [-0.3, -0.25) is 19.8 Å². The molecule has 8 heteroatoms. The molecule has 120 valence electrons. The average Bonchev–Trinajstić information content (AvgIpc) is 3.05. The molecule has 1 aromatic carbocycles. The van der Waals surface area contributed by atoms with E-state index in [9.17, 15) is 14.4 Å². The molecule has 2 N–H and O–H groups in total. The van der Waals surface area contributed by atoms with E-state index in [1.165, 1.54) is 42.9 Å². The third-order valence-electron chi connectivity index (χ3n) is 3.33. The van der Waals surface area contributed by atoms with Crippen molar-refractivity contribution in [2.45, 2.75) is 0 Å². The van der Waals surface area contributed by atoms with E-state index >= 15 is 0 Å². The number of carbonyl (C=O) groups excluding carboxylic acids is 2. The highest BCUT2D eigenvalue weighted by atomic mass is 32.1. The van der Waals surface area contributed by atoms with Crippen molar-refractivity contribution in [3.05, 3.63) is 59.6 Å². The normalized spacial score (nSPS) is 16.4. The van der Waals surface area contributed by atoms with Crippen LogP contribution in [-0.2, 0) is 9.59 Å². The van der Waals surface area contributed by atoms with Gasteiger partial charge < -0.3 is 9.52 Å². The number of benzene rings is 1. The zero-order chi connectivity index (χ0) is 17.3. The number of carbonyl (C=O) groups is 3. The van der Waals surface area contributed by atoms with Crippen molar-refractivity contribution >= 4 is 46.9 Å². The maximum atomic E-state index is 12.7. The van der Waals surface area contributed by atoms with Crippen molar-refractivity contribution in [3.63, 3.8) is 0 Å². The van der Waals surface area contributed by atoms with E-state index in [2.05, 4.69) is 5.32 Å². The molecule has 3 rings (SSSR count). The first-order valence-corrected chi connectivity index (χ1v) is 7.15. The van der Waals surface area contributed by atoms with Crippen LogP contribution in [0.15, 0.2) is 52.8 Å². The fourth-order valence-corrected chi connectivity index (χ4v) is 2.45. The molecule has 24 heavy (non-hydrogen) atoms. The van der Waals surface area contributed by atoms with Gasteiger partial charge >= 0.3 is 5.97 Å². The Hall–Kier alpha value is -3.26. The van der Waals surface area contributed by atoms with Gasteiger partial charge in [0.1, 0.15) is 5.57 Å². The number of amides is 2. The van der Waals surface area contributed by atoms with Crippen molar-refractivity contribution in [2.75, 3.05) is 4.90 Å². The largest absolute Gasteiger partial charge is 0.478 e. The second-order valence-corrected chi connectivity index (χ2v) is 5.25. The number of carboxylic acid groups (broad SMARTS) is 1. The van der Waals surface area contributed by atoms with Crippen LogP contribution in [0.3, 0.4) is 0 Å². The van der Waals surface area contributed by atoms with E-state index in [0.29, 0.717) is 11.3 Å². The SMILES string of the molecule is O=C1NC(=S)N(c2ccc(C(=O)O)cc2)C(=O)/C1=C/c1ccoc1. The summed E-state index contributed by atoms with van der Waals surface area (Å²) >= 11 is 5.06. The number of rotatable bonds is 3. The molecule has 0 saturated carbocycles. The summed E-state index contributed by atoms with van der Waals surface area (Å²) in [7, 11) is 0. The van der Waals surface area contributed by atoms with Crippen molar-refractivity contribution in [1.29, 1.82) is 0 Å². The van der Waals surface area contributed by atoms with Gasteiger partial charge in [-0.2, -0.15) is 0 Å². The Morgan fingerprint density at radius 2 is 1.92 bits per heavy atom. The van der Waals surface area contributed by atoms with Crippen molar-refractivity contribution in [3.8, 4) is 0 Å². The standard InChI is InChI=1S/C16H10N2O5S/c19-13-12(7-9-5-6-23-8-9)14(20)18(16(24)17-13)11-3-1-10(2-4-11)15(21)22/h1-8H,(H,21,22)(H,17,19,24)/b12-7+. The maximum absolute atomic E-state index is 12.7. The van der Waals surface area contributed by atoms with Gasteiger partial charge in [0.25, 0.3) is 11.8 Å². The van der Waals surface area contributed by atoms with E-state index in [4.69, 9.17) is 21.7 Å². The van der Waals surface area contributed by atoms with Gasteiger partial charge in [0, 0.05) is 5.56 Å². The monoisotopic (exact) mass is 342 g/mol. The lowest BCUT2D eigenvalue weighted by atomic mass is 10.1. The number of hydrogen-bond acceptors (Lipinski definition) is 5. The molecular formula is C16H10N2O5S. The predicted octanol–water partition coefficient (Wildman–Crippen LogP) is 1.81. The van der Waals surface area contributed by atoms with Crippen LogP contribution in [0.5, 0.6) is 0 Å². The molecule has 2 aromatic rings. The lowest BCUT2D eigenvalue weighted by Gasteiger charge is -2.28. The van der Waals surface area contributed by atoms with E-state index in [1.54, 1.807) is 6.07 Å². The second-order valence-electron chi connectivity index (χ2n) is 4.87. The van der Waals surface area contributed by atoms with Gasteiger partial charge in [-0.15, -0.1) is 0 Å². The van der Waals surface area contributed by atoms with Gasteiger partial charge in [-0.25, -0.2) is 4.79 Å². The Kier molecular flexibility index (Phi) is 3.97. The molecule has 0 aliphatic carbocycles. The second kappa shape index (κ2) is 6.09. The molecule has 7 nitrogen and oxygen atoms in total. The Morgan fingerprint density at radius 3 is 2.50 bits per heavy atom.